The quantitative estimate of drug-likeness (QED) is 0.436. The molecule has 0 unspecified atom stereocenters. The normalized spacial score (nSPS) is 11.3. The van der Waals surface area contributed by atoms with Crippen LogP contribution in [0.2, 0.25) is 0 Å². The number of methoxy groups -OCH3 is 2. The molecule has 0 radical (unpaired) electrons. The second-order valence-electron chi connectivity index (χ2n) is 8.36. The Bertz CT molecular complexity index is 1260. The molecule has 3 aromatic rings. The molecule has 0 spiro atoms. The van der Waals surface area contributed by atoms with Crippen LogP contribution in [0.25, 0.3) is 0 Å². The van der Waals surface area contributed by atoms with Gasteiger partial charge in [0.1, 0.15) is 0 Å². The number of hydrogen-bond donors (Lipinski definition) is 1. The van der Waals surface area contributed by atoms with Crippen molar-refractivity contribution >= 4 is 15.9 Å². The maximum absolute atomic E-state index is 13.4. The molecule has 0 saturated carbocycles. The zero-order valence-corrected chi connectivity index (χ0v) is 21.4. The third kappa shape index (κ3) is 7.07. The topological polar surface area (TPSA) is 84.9 Å². The number of carbonyl (C=O) groups is 1. The van der Waals surface area contributed by atoms with Crippen LogP contribution in [0.5, 0.6) is 11.5 Å². The van der Waals surface area contributed by atoms with Crippen molar-refractivity contribution in [2.45, 2.75) is 31.7 Å². The van der Waals surface area contributed by atoms with E-state index in [1.807, 2.05) is 56.3 Å². The Morgan fingerprint density at radius 2 is 1.57 bits per heavy atom. The standard InChI is InChI=1S/C27H32N2O5S/c1-20-8-11-24(12-9-20)35(31,32)29(18-23-7-5-6-21(2)16-23)19-27(30)28-15-14-22-10-13-25(33-3)26(17-22)34-4/h5-13,16-17H,14-15,18-19H2,1-4H3,(H,28,30). The predicted molar refractivity (Wildman–Crippen MR) is 136 cm³/mol. The van der Waals surface area contributed by atoms with Gasteiger partial charge in [0.25, 0.3) is 0 Å². The van der Waals surface area contributed by atoms with Gasteiger partial charge < -0.3 is 14.8 Å². The number of sulfonamides is 1. The van der Waals surface area contributed by atoms with Crippen LogP contribution in [0.1, 0.15) is 22.3 Å². The minimum atomic E-state index is -3.88. The van der Waals surface area contributed by atoms with Gasteiger partial charge in [-0.3, -0.25) is 4.79 Å². The number of nitrogens with one attached hydrogen (secondary N) is 1. The van der Waals surface area contributed by atoms with Crippen LogP contribution >= 0.6 is 0 Å². The average molecular weight is 497 g/mol. The van der Waals surface area contributed by atoms with Gasteiger partial charge in [0.2, 0.25) is 15.9 Å². The molecular weight excluding hydrogens is 464 g/mol. The molecule has 0 atom stereocenters. The maximum Gasteiger partial charge on any atom is 0.243 e. The van der Waals surface area contributed by atoms with Crippen molar-refractivity contribution < 1.29 is 22.7 Å². The van der Waals surface area contributed by atoms with Crippen molar-refractivity contribution in [3.63, 3.8) is 0 Å². The molecule has 0 fully saturated rings. The molecule has 0 aromatic heterocycles. The van der Waals surface area contributed by atoms with Crippen LogP contribution in [-0.4, -0.2) is 45.9 Å². The number of ether oxygens (including phenoxy) is 2. The highest BCUT2D eigenvalue weighted by atomic mass is 32.2. The molecule has 0 heterocycles. The van der Waals surface area contributed by atoms with E-state index < -0.39 is 10.0 Å². The second-order valence-corrected chi connectivity index (χ2v) is 10.3. The Balaban J connectivity index is 1.72. The summed E-state index contributed by atoms with van der Waals surface area (Å²) in [4.78, 5) is 13.0. The van der Waals surface area contributed by atoms with Crippen LogP contribution in [0.3, 0.4) is 0 Å². The van der Waals surface area contributed by atoms with E-state index in [-0.39, 0.29) is 23.9 Å². The van der Waals surface area contributed by atoms with Crippen LogP contribution in [0.4, 0.5) is 0 Å². The molecule has 0 bridgehead atoms. The molecule has 3 rings (SSSR count). The third-order valence-electron chi connectivity index (χ3n) is 5.60. The van der Waals surface area contributed by atoms with Gasteiger partial charge in [-0.1, -0.05) is 53.6 Å². The van der Waals surface area contributed by atoms with Crippen molar-refractivity contribution in [3.05, 3.63) is 89.0 Å². The summed E-state index contributed by atoms with van der Waals surface area (Å²) in [5, 5.41) is 2.84. The first kappa shape index (κ1) is 26.2. The van der Waals surface area contributed by atoms with Crippen molar-refractivity contribution in [1.29, 1.82) is 0 Å². The van der Waals surface area contributed by atoms with E-state index >= 15 is 0 Å². The van der Waals surface area contributed by atoms with Gasteiger partial charge in [0, 0.05) is 13.1 Å². The number of benzene rings is 3. The van der Waals surface area contributed by atoms with Crippen LogP contribution in [0.15, 0.2) is 71.6 Å². The second kappa shape index (κ2) is 11.9. The summed E-state index contributed by atoms with van der Waals surface area (Å²) in [5.74, 6) is 0.882. The zero-order chi connectivity index (χ0) is 25.4. The van der Waals surface area contributed by atoms with Gasteiger partial charge in [-0.05, 0) is 55.7 Å². The van der Waals surface area contributed by atoms with Gasteiger partial charge in [-0.15, -0.1) is 0 Å². The average Bonchev–Trinajstić information content (AvgIpc) is 2.84. The number of amides is 1. The lowest BCUT2D eigenvalue weighted by molar-refractivity contribution is -0.121. The summed E-state index contributed by atoms with van der Waals surface area (Å²) in [6.45, 7) is 4.02. The van der Waals surface area contributed by atoms with E-state index in [0.29, 0.717) is 24.5 Å². The number of hydrogen-bond acceptors (Lipinski definition) is 5. The minimum Gasteiger partial charge on any atom is -0.493 e. The fourth-order valence-electron chi connectivity index (χ4n) is 3.70. The Kier molecular flexibility index (Phi) is 8.89. The fraction of sp³-hybridized carbons (Fsp3) is 0.296. The molecular formula is C27H32N2O5S. The highest BCUT2D eigenvalue weighted by Gasteiger charge is 2.27. The van der Waals surface area contributed by atoms with E-state index in [1.54, 1.807) is 38.5 Å². The lowest BCUT2D eigenvalue weighted by Gasteiger charge is -2.22. The summed E-state index contributed by atoms with van der Waals surface area (Å²) < 4.78 is 38.6. The smallest absolute Gasteiger partial charge is 0.243 e. The van der Waals surface area contributed by atoms with Gasteiger partial charge in [-0.25, -0.2) is 8.42 Å². The SMILES string of the molecule is COc1ccc(CCNC(=O)CN(Cc2cccc(C)c2)S(=O)(=O)c2ccc(C)cc2)cc1OC. The molecule has 3 aromatic carbocycles. The summed E-state index contributed by atoms with van der Waals surface area (Å²) in [6.07, 6.45) is 0.564. The van der Waals surface area contributed by atoms with Gasteiger partial charge in [-0.2, -0.15) is 4.31 Å². The summed E-state index contributed by atoms with van der Waals surface area (Å²) in [5.41, 5.74) is 3.77. The number of rotatable bonds is 11. The predicted octanol–water partition coefficient (Wildman–Crippen LogP) is 3.87. The van der Waals surface area contributed by atoms with Crippen LogP contribution < -0.4 is 14.8 Å². The van der Waals surface area contributed by atoms with Crippen LogP contribution in [-0.2, 0) is 27.8 Å². The molecule has 8 heteroatoms. The maximum atomic E-state index is 13.4. The van der Waals surface area contributed by atoms with Gasteiger partial charge in [0.05, 0.1) is 25.7 Å². The molecule has 1 amide bonds. The highest BCUT2D eigenvalue weighted by Crippen LogP contribution is 2.27. The van der Waals surface area contributed by atoms with Crippen molar-refractivity contribution in [2.24, 2.45) is 0 Å². The molecule has 0 saturated heterocycles. The van der Waals surface area contributed by atoms with Crippen molar-refractivity contribution in [2.75, 3.05) is 27.3 Å². The monoisotopic (exact) mass is 496 g/mol. The number of nitrogens with zero attached hydrogens (tertiary/aromatic N) is 1. The van der Waals surface area contributed by atoms with Gasteiger partial charge >= 0.3 is 0 Å². The van der Waals surface area contributed by atoms with E-state index in [4.69, 9.17) is 9.47 Å². The lowest BCUT2D eigenvalue weighted by atomic mass is 10.1. The van der Waals surface area contributed by atoms with Crippen molar-refractivity contribution in [1.82, 2.24) is 9.62 Å². The van der Waals surface area contributed by atoms with E-state index in [2.05, 4.69) is 5.32 Å². The third-order valence-corrected chi connectivity index (χ3v) is 7.41. The van der Waals surface area contributed by atoms with Crippen molar-refractivity contribution in [3.8, 4) is 11.5 Å². The van der Waals surface area contributed by atoms with Crippen LogP contribution in [0, 0.1) is 13.8 Å². The zero-order valence-electron chi connectivity index (χ0n) is 20.6. The summed E-state index contributed by atoms with van der Waals surface area (Å²) in [7, 11) is -0.731. The largest absolute Gasteiger partial charge is 0.493 e. The molecule has 35 heavy (non-hydrogen) atoms. The van der Waals surface area contributed by atoms with E-state index in [0.717, 1.165) is 22.3 Å². The van der Waals surface area contributed by atoms with E-state index in [1.165, 1.54) is 4.31 Å². The highest BCUT2D eigenvalue weighted by molar-refractivity contribution is 7.89. The minimum absolute atomic E-state index is 0.0982. The first-order valence-corrected chi connectivity index (χ1v) is 12.8. The summed E-state index contributed by atoms with van der Waals surface area (Å²) in [6, 6.07) is 19.8. The number of aryl methyl sites for hydroxylation is 2. The summed E-state index contributed by atoms with van der Waals surface area (Å²) >= 11 is 0. The number of carbonyl (C=O) groups excluding carboxylic acids is 1. The lowest BCUT2D eigenvalue weighted by Crippen LogP contribution is -2.40. The fourth-order valence-corrected chi connectivity index (χ4v) is 5.08. The Morgan fingerprint density at radius 1 is 0.857 bits per heavy atom. The van der Waals surface area contributed by atoms with E-state index in [9.17, 15) is 13.2 Å². The van der Waals surface area contributed by atoms with Gasteiger partial charge in [0.15, 0.2) is 11.5 Å². The Morgan fingerprint density at radius 3 is 2.23 bits per heavy atom. The molecule has 1 N–H and O–H groups in total. The Hall–Kier alpha value is -3.36. The molecule has 0 aliphatic heterocycles. The first-order valence-electron chi connectivity index (χ1n) is 11.3. The Labute approximate surface area is 207 Å². The molecule has 0 aliphatic rings. The molecule has 7 nitrogen and oxygen atoms in total. The molecule has 186 valence electrons. The molecule has 0 aliphatic carbocycles. The first-order chi connectivity index (χ1) is 16.7.